The number of morpholine rings is 1. The second-order valence-corrected chi connectivity index (χ2v) is 3.59. The fourth-order valence-corrected chi connectivity index (χ4v) is 1.66. The maximum absolute atomic E-state index is 5.60. The van der Waals surface area contributed by atoms with Crippen molar-refractivity contribution in [2.24, 2.45) is 0 Å². The monoisotopic (exact) mass is 196 g/mol. The molecule has 1 N–H and O–H groups in total. The first-order chi connectivity index (χ1) is 6.75. The number of aryl methyl sites for hydroxylation is 2. The highest BCUT2D eigenvalue weighted by molar-refractivity contribution is 4.88. The Labute approximate surface area is 83.5 Å². The molecule has 0 spiro atoms. The molecule has 0 amide bonds. The van der Waals surface area contributed by atoms with E-state index in [9.17, 15) is 0 Å². The minimum atomic E-state index is 0.226. The van der Waals surface area contributed by atoms with Gasteiger partial charge in [0, 0.05) is 13.1 Å². The SMILES string of the molecule is Cc1nc(C)n(CC2CNCCO2)n1. The number of hydrogen-bond donors (Lipinski definition) is 1. The van der Waals surface area contributed by atoms with E-state index in [4.69, 9.17) is 4.74 Å². The van der Waals surface area contributed by atoms with E-state index >= 15 is 0 Å². The molecule has 1 fully saturated rings. The van der Waals surface area contributed by atoms with Gasteiger partial charge >= 0.3 is 0 Å². The summed E-state index contributed by atoms with van der Waals surface area (Å²) >= 11 is 0. The Morgan fingerprint density at radius 3 is 3.00 bits per heavy atom. The summed E-state index contributed by atoms with van der Waals surface area (Å²) in [5.41, 5.74) is 0. The highest BCUT2D eigenvalue weighted by Gasteiger charge is 2.15. The zero-order valence-corrected chi connectivity index (χ0v) is 8.66. The summed E-state index contributed by atoms with van der Waals surface area (Å²) < 4.78 is 7.50. The molecule has 5 heteroatoms. The normalized spacial score (nSPS) is 22.6. The lowest BCUT2D eigenvalue weighted by molar-refractivity contribution is 0.0157. The number of nitrogens with zero attached hydrogens (tertiary/aromatic N) is 3. The summed E-state index contributed by atoms with van der Waals surface area (Å²) in [7, 11) is 0. The van der Waals surface area contributed by atoms with Gasteiger partial charge in [-0.2, -0.15) is 5.10 Å². The molecule has 1 atom stereocenters. The van der Waals surface area contributed by atoms with Crippen molar-refractivity contribution in [3.05, 3.63) is 11.6 Å². The van der Waals surface area contributed by atoms with E-state index in [2.05, 4.69) is 15.4 Å². The summed E-state index contributed by atoms with van der Waals surface area (Å²) in [6, 6.07) is 0. The van der Waals surface area contributed by atoms with Crippen LogP contribution in [0.2, 0.25) is 0 Å². The van der Waals surface area contributed by atoms with Crippen molar-refractivity contribution >= 4 is 0 Å². The Hall–Kier alpha value is -0.940. The molecule has 1 aromatic rings. The molecule has 1 unspecified atom stereocenters. The summed E-state index contributed by atoms with van der Waals surface area (Å²) in [6.07, 6.45) is 0.226. The van der Waals surface area contributed by atoms with Crippen molar-refractivity contribution < 1.29 is 4.74 Å². The van der Waals surface area contributed by atoms with Crippen molar-refractivity contribution in [3.63, 3.8) is 0 Å². The van der Waals surface area contributed by atoms with Gasteiger partial charge in [-0.05, 0) is 13.8 Å². The van der Waals surface area contributed by atoms with Crippen LogP contribution >= 0.6 is 0 Å². The van der Waals surface area contributed by atoms with Gasteiger partial charge in [0.2, 0.25) is 0 Å². The van der Waals surface area contributed by atoms with Crippen LogP contribution in [0, 0.1) is 13.8 Å². The Morgan fingerprint density at radius 1 is 1.57 bits per heavy atom. The number of nitrogens with one attached hydrogen (secondary N) is 1. The molecule has 2 heterocycles. The molecular formula is C9H16N4O. The van der Waals surface area contributed by atoms with Crippen LogP contribution in [0.1, 0.15) is 11.6 Å². The average Bonchev–Trinajstić information content (AvgIpc) is 2.47. The molecule has 78 valence electrons. The third kappa shape index (κ3) is 2.10. The molecule has 0 aromatic carbocycles. The van der Waals surface area contributed by atoms with E-state index in [-0.39, 0.29) is 6.10 Å². The highest BCUT2D eigenvalue weighted by Crippen LogP contribution is 2.02. The Bertz CT molecular complexity index is 304. The maximum atomic E-state index is 5.60. The molecule has 1 saturated heterocycles. The van der Waals surface area contributed by atoms with Crippen LogP contribution in [0.4, 0.5) is 0 Å². The zero-order chi connectivity index (χ0) is 9.97. The third-order valence-electron chi connectivity index (χ3n) is 2.34. The molecule has 14 heavy (non-hydrogen) atoms. The summed E-state index contributed by atoms with van der Waals surface area (Å²) in [6.45, 7) is 7.31. The number of rotatable bonds is 2. The first-order valence-corrected chi connectivity index (χ1v) is 4.96. The van der Waals surface area contributed by atoms with E-state index in [1.807, 2.05) is 18.5 Å². The standard InChI is InChI=1S/C9H16N4O/c1-7-11-8(2)13(12-7)6-9-5-10-3-4-14-9/h9-10H,3-6H2,1-2H3. The number of aromatic nitrogens is 3. The summed E-state index contributed by atoms with van der Waals surface area (Å²) in [5, 5.41) is 7.60. The minimum absolute atomic E-state index is 0.226. The van der Waals surface area contributed by atoms with E-state index < -0.39 is 0 Å². The van der Waals surface area contributed by atoms with Crippen LogP contribution in [-0.4, -0.2) is 40.6 Å². The molecule has 0 aliphatic carbocycles. The van der Waals surface area contributed by atoms with Gasteiger partial charge in [0.1, 0.15) is 11.6 Å². The van der Waals surface area contributed by atoms with Crippen molar-refractivity contribution in [3.8, 4) is 0 Å². The van der Waals surface area contributed by atoms with Gasteiger partial charge in [0.25, 0.3) is 0 Å². The highest BCUT2D eigenvalue weighted by atomic mass is 16.5. The van der Waals surface area contributed by atoms with Crippen molar-refractivity contribution in [2.75, 3.05) is 19.7 Å². The lowest BCUT2D eigenvalue weighted by Gasteiger charge is -2.23. The summed E-state index contributed by atoms with van der Waals surface area (Å²) in [5.74, 6) is 1.78. The van der Waals surface area contributed by atoms with Crippen molar-refractivity contribution in [1.29, 1.82) is 0 Å². The maximum Gasteiger partial charge on any atom is 0.147 e. The van der Waals surface area contributed by atoms with Gasteiger partial charge in [-0.25, -0.2) is 9.67 Å². The fourth-order valence-electron chi connectivity index (χ4n) is 1.66. The second kappa shape index (κ2) is 4.06. The predicted molar refractivity (Wildman–Crippen MR) is 52.1 cm³/mol. The number of ether oxygens (including phenoxy) is 1. The zero-order valence-electron chi connectivity index (χ0n) is 8.66. The third-order valence-corrected chi connectivity index (χ3v) is 2.34. The van der Waals surface area contributed by atoms with E-state index in [1.54, 1.807) is 0 Å². The van der Waals surface area contributed by atoms with E-state index in [0.717, 1.165) is 37.9 Å². The van der Waals surface area contributed by atoms with Crippen LogP contribution in [0.3, 0.4) is 0 Å². The van der Waals surface area contributed by atoms with E-state index in [1.165, 1.54) is 0 Å². The molecule has 1 aromatic heterocycles. The van der Waals surface area contributed by atoms with Gasteiger partial charge in [-0.1, -0.05) is 0 Å². The summed E-state index contributed by atoms with van der Waals surface area (Å²) in [4.78, 5) is 4.25. The fraction of sp³-hybridized carbons (Fsp3) is 0.778. The van der Waals surface area contributed by atoms with Crippen molar-refractivity contribution in [2.45, 2.75) is 26.5 Å². The smallest absolute Gasteiger partial charge is 0.147 e. The van der Waals surface area contributed by atoms with Gasteiger partial charge in [0.15, 0.2) is 0 Å². The Balaban J connectivity index is 1.98. The van der Waals surface area contributed by atoms with Gasteiger partial charge < -0.3 is 10.1 Å². The van der Waals surface area contributed by atoms with E-state index in [0.29, 0.717) is 0 Å². The van der Waals surface area contributed by atoms with Gasteiger partial charge in [-0.3, -0.25) is 0 Å². The van der Waals surface area contributed by atoms with Crippen molar-refractivity contribution in [1.82, 2.24) is 20.1 Å². The van der Waals surface area contributed by atoms with Crippen LogP contribution in [0.25, 0.3) is 0 Å². The van der Waals surface area contributed by atoms with Crippen LogP contribution in [0.5, 0.6) is 0 Å². The lowest BCUT2D eigenvalue weighted by Crippen LogP contribution is -2.41. The van der Waals surface area contributed by atoms with Crippen LogP contribution in [0.15, 0.2) is 0 Å². The first kappa shape index (κ1) is 9.61. The molecule has 0 radical (unpaired) electrons. The Kier molecular flexibility index (Phi) is 2.79. The molecule has 0 saturated carbocycles. The molecule has 1 aliphatic rings. The van der Waals surface area contributed by atoms with Crippen LogP contribution < -0.4 is 5.32 Å². The minimum Gasteiger partial charge on any atom is -0.374 e. The Morgan fingerprint density at radius 2 is 2.43 bits per heavy atom. The van der Waals surface area contributed by atoms with Gasteiger partial charge in [-0.15, -0.1) is 0 Å². The predicted octanol–water partition coefficient (Wildman–Crippen LogP) is -0.117. The molecule has 5 nitrogen and oxygen atoms in total. The number of hydrogen-bond acceptors (Lipinski definition) is 4. The lowest BCUT2D eigenvalue weighted by atomic mass is 10.3. The van der Waals surface area contributed by atoms with Gasteiger partial charge in [0.05, 0.1) is 19.3 Å². The first-order valence-electron chi connectivity index (χ1n) is 4.96. The second-order valence-electron chi connectivity index (χ2n) is 3.59. The molecule has 0 bridgehead atoms. The average molecular weight is 196 g/mol. The topological polar surface area (TPSA) is 52.0 Å². The van der Waals surface area contributed by atoms with Crippen LogP contribution in [-0.2, 0) is 11.3 Å². The quantitative estimate of drug-likeness (QED) is 0.716. The molecule has 1 aliphatic heterocycles. The largest absolute Gasteiger partial charge is 0.374 e. The molecular weight excluding hydrogens is 180 g/mol. The molecule has 2 rings (SSSR count).